The van der Waals surface area contributed by atoms with Crippen LogP contribution in [0.4, 0.5) is 0 Å². The third kappa shape index (κ3) is 4.56. The summed E-state index contributed by atoms with van der Waals surface area (Å²) in [7, 11) is 0. The summed E-state index contributed by atoms with van der Waals surface area (Å²) in [6.07, 6.45) is 0.342. The first-order valence-corrected chi connectivity index (χ1v) is 6.47. The minimum Gasteiger partial charge on any atom is -0.481 e. The fraction of sp³-hybridized carbons (Fsp3) is 0.500. The molecule has 0 saturated carbocycles. The molecule has 1 rings (SSSR count). The minimum absolute atomic E-state index is 0.00639. The molecule has 0 aliphatic carbocycles. The first kappa shape index (κ1) is 13.7. The van der Waals surface area contributed by atoms with Gasteiger partial charge in [0.05, 0.1) is 12.8 Å². The van der Waals surface area contributed by atoms with Crippen LogP contribution in [0.5, 0.6) is 0 Å². The van der Waals surface area contributed by atoms with E-state index < -0.39 is 5.97 Å². The molecule has 94 valence electrons. The van der Waals surface area contributed by atoms with Crippen molar-refractivity contribution in [3.63, 3.8) is 0 Å². The molecule has 0 saturated heterocycles. The van der Waals surface area contributed by atoms with Gasteiger partial charge in [-0.2, -0.15) is 11.3 Å². The lowest BCUT2D eigenvalue weighted by atomic mass is 10.2. The highest BCUT2D eigenvalue weighted by atomic mass is 32.1. The molecular formula is C12H17NO3S. The van der Waals surface area contributed by atoms with E-state index in [0.29, 0.717) is 6.42 Å². The average molecular weight is 255 g/mol. The molecule has 0 unspecified atom stereocenters. The SMILES string of the molecule is CC(C)N(CCC(=O)O)C(=O)Cc1ccsc1. The molecule has 1 amide bonds. The van der Waals surface area contributed by atoms with Crippen LogP contribution in [0.2, 0.25) is 0 Å². The second kappa shape index (κ2) is 6.39. The first-order chi connectivity index (χ1) is 8.00. The van der Waals surface area contributed by atoms with Gasteiger partial charge in [0.2, 0.25) is 5.91 Å². The molecule has 1 N–H and O–H groups in total. The minimum atomic E-state index is -0.876. The predicted octanol–water partition coefficient (Wildman–Crippen LogP) is 2.00. The van der Waals surface area contributed by atoms with Crippen LogP contribution in [0.3, 0.4) is 0 Å². The van der Waals surface area contributed by atoms with Crippen molar-refractivity contribution in [1.82, 2.24) is 4.90 Å². The van der Waals surface area contributed by atoms with E-state index in [-0.39, 0.29) is 24.9 Å². The number of carboxylic acid groups (broad SMARTS) is 1. The van der Waals surface area contributed by atoms with E-state index >= 15 is 0 Å². The van der Waals surface area contributed by atoms with Crippen molar-refractivity contribution in [1.29, 1.82) is 0 Å². The summed E-state index contributed by atoms with van der Waals surface area (Å²) in [6.45, 7) is 4.07. The molecular weight excluding hydrogens is 238 g/mol. The van der Waals surface area contributed by atoms with Gasteiger partial charge in [0.25, 0.3) is 0 Å². The molecule has 1 heterocycles. The average Bonchev–Trinajstić information content (AvgIpc) is 2.69. The molecule has 17 heavy (non-hydrogen) atoms. The molecule has 0 spiro atoms. The Hall–Kier alpha value is -1.36. The van der Waals surface area contributed by atoms with E-state index in [9.17, 15) is 9.59 Å². The Bertz CT molecular complexity index is 373. The van der Waals surface area contributed by atoms with Crippen LogP contribution in [0.1, 0.15) is 25.8 Å². The molecule has 0 aliphatic heterocycles. The quantitative estimate of drug-likeness (QED) is 0.846. The van der Waals surface area contributed by atoms with E-state index in [0.717, 1.165) is 5.56 Å². The molecule has 0 bridgehead atoms. The van der Waals surface area contributed by atoms with Gasteiger partial charge in [0, 0.05) is 12.6 Å². The molecule has 4 nitrogen and oxygen atoms in total. The van der Waals surface area contributed by atoms with Crippen LogP contribution in [0.15, 0.2) is 16.8 Å². The molecule has 0 atom stereocenters. The number of carbonyl (C=O) groups excluding carboxylic acids is 1. The summed E-state index contributed by atoms with van der Waals surface area (Å²) < 4.78 is 0. The van der Waals surface area contributed by atoms with Crippen LogP contribution >= 0.6 is 11.3 Å². The van der Waals surface area contributed by atoms with Gasteiger partial charge in [-0.25, -0.2) is 0 Å². The highest BCUT2D eigenvalue weighted by Crippen LogP contribution is 2.10. The van der Waals surface area contributed by atoms with E-state index in [1.54, 1.807) is 16.2 Å². The zero-order valence-electron chi connectivity index (χ0n) is 10.0. The Kier molecular flexibility index (Phi) is 5.15. The number of aliphatic carboxylic acids is 1. The third-order valence-corrected chi connectivity index (χ3v) is 3.18. The largest absolute Gasteiger partial charge is 0.481 e. The van der Waals surface area contributed by atoms with Gasteiger partial charge in [-0.05, 0) is 36.2 Å². The second-order valence-corrected chi connectivity index (χ2v) is 4.91. The maximum Gasteiger partial charge on any atom is 0.305 e. The van der Waals surface area contributed by atoms with Crippen LogP contribution in [0, 0.1) is 0 Å². The Labute approximate surface area is 105 Å². The summed E-state index contributed by atoms with van der Waals surface area (Å²) in [5.41, 5.74) is 0.987. The molecule has 0 aromatic carbocycles. The number of thiophene rings is 1. The summed E-state index contributed by atoms with van der Waals surface area (Å²) in [6, 6.07) is 1.94. The Morgan fingerprint density at radius 2 is 2.18 bits per heavy atom. The van der Waals surface area contributed by atoms with Gasteiger partial charge in [-0.15, -0.1) is 0 Å². The highest BCUT2D eigenvalue weighted by molar-refractivity contribution is 7.07. The molecule has 1 aromatic heterocycles. The van der Waals surface area contributed by atoms with E-state index in [1.165, 1.54) is 0 Å². The van der Waals surface area contributed by atoms with Crippen molar-refractivity contribution in [2.45, 2.75) is 32.7 Å². The van der Waals surface area contributed by atoms with Crippen molar-refractivity contribution >= 4 is 23.2 Å². The molecule has 0 fully saturated rings. The summed E-state index contributed by atoms with van der Waals surface area (Å²) in [4.78, 5) is 24.1. The van der Waals surface area contributed by atoms with Gasteiger partial charge in [-0.3, -0.25) is 9.59 Å². The molecule has 0 radical (unpaired) electrons. The van der Waals surface area contributed by atoms with Crippen molar-refractivity contribution < 1.29 is 14.7 Å². The first-order valence-electron chi connectivity index (χ1n) is 5.53. The van der Waals surface area contributed by atoms with Gasteiger partial charge in [0.15, 0.2) is 0 Å². The molecule has 0 aliphatic rings. The number of rotatable bonds is 6. The fourth-order valence-corrected chi connectivity index (χ4v) is 2.22. The van der Waals surface area contributed by atoms with Crippen molar-refractivity contribution in [2.75, 3.05) is 6.54 Å². The van der Waals surface area contributed by atoms with Gasteiger partial charge >= 0.3 is 5.97 Å². The number of nitrogens with zero attached hydrogens (tertiary/aromatic N) is 1. The highest BCUT2D eigenvalue weighted by Gasteiger charge is 2.18. The van der Waals surface area contributed by atoms with E-state index in [1.807, 2.05) is 30.7 Å². The Balaban J connectivity index is 2.57. The number of amides is 1. The lowest BCUT2D eigenvalue weighted by Gasteiger charge is -2.26. The van der Waals surface area contributed by atoms with Crippen LogP contribution < -0.4 is 0 Å². The zero-order valence-corrected chi connectivity index (χ0v) is 10.9. The number of hydrogen-bond acceptors (Lipinski definition) is 3. The van der Waals surface area contributed by atoms with Gasteiger partial charge in [0.1, 0.15) is 0 Å². The fourth-order valence-electron chi connectivity index (χ4n) is 1.56. The smallest absolute Gasteiger partial charge is 0.305 e. The van der Waals surface area contributed by atoms with E-state index in [4.69, 9.17) is 5.11 Å². The van der Waals surface area contributed by atoms with E-state index in [2.05, 4.69) is 0 Å². The zero-order chi connectivity index (χ0) is 12.8. The van der Waals surface area contributed by atoms with Gasteiger partial charge in [-0.1, -0.05) is 0 Å². The monoisotopic (exact) mass is 255 g/mol. The van der Waals surface area contributed by atoms with Gasteiger partial charge < -0.3 is 10.0 Å². The second-order valence-electron chi connectivity index (χ2n) is 4.13. The van der Waals surface area contributed by atoms with Crippen molar-refractivity contribution in [2.24, 2.45) is 0 Å². The Morgan fingerprint density at radius 1 is 1.47 bits per heavy atom. The van der Waals surface area contributed by atoms with Crippen LogP contribution in [0.25, 0.3) is 0 Å². The topological polar surface area (TPSA) is 57.6 Å². The lowest BCUT2D eigenvalue weighted by molar-refractivity contribution is -0.138. The Morgan fingerprint density at radius 3 is 2.65 bits per heavy atom. The van der Waals surface area contributed by atoms with Crippen LogP contribution in [-0.4, -0.2) is 34.5 Å². The number of hydrogen-bond donors (Lipinski definition) is 1. The predicted molar refractivity (Wildman–Crippen MR) is 67.1 cm³/mol. The van der Waals surface area contributed by atoms with Crippen molar-refractivity contribution in [3.8, 4) is 0 Å². The molecule has 5 heteroatoms. The summed E-state index contributed by atoms with van der Waals surface area (Å²) >= 11 is 1.56. The normalized spacial score (nSPS) is 10.5. The third-order valence-electron chi connectivity index (χ3n) is 2.45. The van der Waals surface area contributed by atoms with Crippen molar-refractivity contribution in [3.05, 3.63) is 22.4 Å². The standard InChI is InChI=1S/C12H17NO3S/c1-9(2)13(5-3-12(15)16)11(14)7-10-4-6-17-8-10/h4,6,8-9H,3,5,7H2,1-2H3,(H,15,16). The maximum atomic E-state index is 12.0. The molecule has 1 aromatic rings. The van der Waals surface area contributed by atoms with Crippen LogP contribution in [-0.2, 0) is 16.0 Å². The summed E-state index contributed by atoms with van der Waals surface area (Å²) in [5, 5.41) is 12.5. The number of carbonyl (C=O) groups is 2. The summed E-state index contributed by atoms with van der Waals surface area (Å²) in [5.74, 6) is -0.890. The lowest BCUT2D eigenvalue weighted by Crippen LogP contribution is -2.39. The number of carboxylic acids is 1. The maximum absolute atomic E-state index is 12.0.